The fourth-order valence-corrected chi connectivity index (χ4v) is 21.3. The topological polar surface area (TPSA) is 400 Å². The van der Waals surface area contributed by atoms with Crippen molar-refractivity contribution in [2.45, 2.75) is 287 Å². The Labute approximate surface area is 833 Å². The van der Waals surface area contributed by atoms with Gasteiger partial charge in [0.15, 0.2) is 0 Å². The summed E-state index contributed by atoms with van der Waals surface area (Å²) in [5.41, 5.74) is 14.4. The Balaban J connectivity index is 0.000000213. The molecule has 6 bridgehead atoms. The summed E-state index contributed by atoms with van der Waals surface area (Å²) in [6.45, 7) is 12.3. The Morgan fingerprint density at radius 2 is 0.598 bits per heavy atom. The van der Waals surface area contributed by atoms with Gasteiger partial charge in [0, 0.05) is 203 Å². The zero-order chi connectivity index (χ0) is 92.5. The molecule has 0 spiro atoms. The van der Waals surface area contributed by atoms with Crippen LogP contribution < -0.4 is 89.8 Å². The minimum atomic E-state index is -0.843. The van der Waals surface area contributed by atoms with E-state index >= 15 is 0 Å². The summed E-state index contributed by atoms with van der Waals surface area (Å²) < 4.78 is 10.6. The fraction of sp³-hybridized carbons (Fsp3) is 0.648. The van der Waals surface area contributed by atoms with E-state index in [1.54, 1.807) is 72.1 Å². The number of ether oxygens (including phenoxy) is 2. The van der Waals surface area contributed by atoms with Crippen molar-refractivity contribution in [2.75, 3.05) is 89.4 Å². The molecule has 6 aliphatic carbocycles. The molecular formula is C88H132Cl6Mn3N24O8S3. The molecule has 2 aromatic carbocycles. The van der Waals surface area contributed by atoms with Crippen molar-refractivity contribution in [1.82, 2.24) is 120 Å². The molecule has 2 amide bonds. The summed E-state index contributed by atoms with van der Waals surface area (Å²) in [6.07, 6.45) is 28.5. The minimum absolute atomic E-state index is 0.00694. The molecule has 0 saturated heterocycles. The van der Waals surface area contributed by atoms with Crippen LogP contribution in [0.4, 0.5) is 9.59 Å². The number of nitrogens with two attached hydrogens (primary N) is 1. The number of thioether (sulfide) groups is 3. The fourth-order valence-electron chi connectivity index (χ4n) is 18.7. The van der Waals surface area contributed by atoms with E-state index in [-0.39, 0.29) is 52.6 Å². The first kappa shape index (κ1) is 108. The Kier molecular flexibility index (Phi) is 51.7. The van der Waals surface area contributed by atoms with Crippen LogP contribution in [0.2, 0.25) is 0 Å². The van der Waals surface area contributed by atoms with Gasteiger partial charge in [0.1, 0.15) is 41.7 Å². The number of hydrogen-bond acceptors (Lipinski definition) is 31. The van der Waals surface area contributed by atoms with Crippen LogP contribution in [-0.4, -0.2) is 231 Å². The summed E-state index contributed by atoms with van der Waals surface area (Å²) in [5, 5.41) is 67.0. The predicted molar refractivity (Wildman–Crippen MR) is 516 cm³/mol. The van der Waals surface area contributed by atoms with Crippen molar-refractivity contribution in [2.24, 2.45) is 5.73 Å². The summed E-state index contributed by atoms with van der Waals surface area (Å²) in [4.78, 5) is 79.6. The number of halogens is 6. The number of nitrogens with one attached hydrogen (secondary N) is 14. The zero-order valence-electron chi connectivity index (χ0n) is 74.8. The molecule has 44 heteroatoms. The number of para-hydroxylation sites is 2. The average molecular weight is 2130 g/mol. The quantitative estimate of drug-likeness (QED) is 0.0125. The molecule has 32 nitrogen and oxygen atoms in total. The van der Waals surface area contributed by atoms with Crippen LogP contribution in [-0.2, 0) is 97.7 Å². The first-order valence-electron chi connectivity index (χ1n) is 46.6. The second kappa shape index (κ2) is 62.9. The van der Waals surface area contributed by atoms with E-state index in [9.17, 15) is 19.2 Å². The van der Waals surface area contributed by atoms with E-state index in [1.165, 1.54) is 159 Å². The molecule has 0 radical (unpaired) electrons. The third kappa shape index (κ3) is 38.5. The van der Waals surface area contributed by atoms with Gasteiger partial charge < -0.3 is 99.3 Å². The summed E-state index contributed by atoms with van der Waals surface area (Å²) in [6, 6.07) is 33.0. The number of aromatic nitrogens is 9. The van der Waals surface area contributed by atoms with Crippen molar-refractivity contribution < 1.29 is 77.7 Å². The molecular weight excluding hydrogens is 1990 g/mol. The van der Waals surface area contributed by atoms with Gasteiger partial charge in [-0.05, 0) is 148 Å². The van der Waals surface area contributed by atoms with Gasteiger partial charge in [0.2, 0.25) is 0 Å². The number of carbonyl (C=O) groups is 4. The summed E-state index contributed by atoms with van der Waals surface area (Å²) >= 11 is 5.29. The van der Waals surface area contributed by atoms with Crippen molar-refractivity contribution in [3.63, 3.8) is 0 Å². The average Bonchev–Trinajstić information content (AvgIpc) is 1.73. The normalized spacial score (nSPS) is 24.4. The Morgan fingerprint density at radius 1 is 0.364 bits per heavy atom. The van der Waals surface area contributed by atoms with Gasteiger partial charge >= 0.3 is 124 Å². The number of nitrogens with zero attached hydrogens (tertiary/aromatic N) is 9. The van der Waals surface area contributed by atoms with Crippen molar-refractivity contribution >= 4 is 142 Å². The van der Waals surface area contributed by atoms with Crippen molar-refractivity contribution in [3.8, 4) is 0 Å². The molecule has 132 heavy (non-hydrogen) atoms. The van der Waals surface area contributed by atoms with Gasteiger partial charge in [-0.1, -0.05) is 111 Å². The van der Waals surface area contributed by atoms with Crippen LogP contribution >= 0.6 is 95.9 Å². The third-order valence-electron chi connectivity index (χ3n) is 24.9. The van der Waals surface area contributed by atoms with Gasteiger partial charge in [-0.15, -0.1) is 45.5 Å². The first-order chi connectivity index (χ1) is 64.8. The number of carbonyl (C=O) groups excluding carboxylic acids is 4. The van der Waals surface area contributed by atoms with E-state index in [2.05, 4.69) is 131 Å². The molecule has 16 N–H and O–H groups in total. The second-order valence-corrected chi connectivity index (χ2v) is 43.3. The van der Waals surface area contributed by atoms with E-state index < -0.39 is 30.5 Å². The maximum absolute atomic E-state index is 12.5. The van der Waals surface area contributed by atoms with Crippen molar-refractivity contribution in [3.05, 3.63) is 119 Å². The van der Waals surface area contributed by atoms with Gasteiger partial charge in [-0.2, -0.15) is 0 Å². The Hall–Kier alpha value is -4.00. The van der Waals surface area contributed by atoms with Crippen LogP contribution in [0.5, 0.6) is 0 Å². The van der Waals surface area contributed by atoms with E-state index in [0.717, 1.165) is 138 Å². The van der Waals surface area contributed by atoms with E-state index in [0.29, 0.717) is 126 Å². The molecule has 12 atom stereocenters. The second-order valence-electron chi connectivity index (χ2n) is 34.0. The number of alkyl carbamates (subject to hydrolysis) is 2. The van der Waals surface area contributed by atoms with Gasteiger partial charge in [0.05, 0.1) is 34.2 Å². The molecule has 3 aliphatic heterocycles. The molecule has 16 rings (SSSR count). The summed E-state index contributed by atoms with van der Waals surface area (Å²) in [7, 11) is 28.8. The van der Waals surface area contributed by atoms with Crippen LogP contribution in [0.3, 0.4) is 0 Å². The summed E-state index contributed by atoms with van der Waals surface area (Å²) in [5.74, 6) is 0.640. The number of rotatable bonds is 18. The first-order valence-corrected chi connectivity index (χ1v) is 59.3. The van der Waals surface area contributed by atoms with Gasteiger partial charge in [-0.25, -0.2) is 19.2 Å². The maximum atomic E-state index is 12.5. The monoisotopic (exact) mass is 2120 g/mol. The predicted octanol–water partition coefficient (Wildman–Crippen LogP) is 11.2. The number of hydrogen-bond donors (Lipinski definition) is 15. The Morgan fingerprint density at radius 3 is 0.848 bits per heavy atom. The standard InChI is InChI=1S/C50H82N12O4S2.C23H40N6S.C15H10N6O4.6ClH.3Mn/c63-49(55-21-25-67-39-27-35-31-57-45-13-5-1-9-41(45)51-17-18-52-42-10-2-6-14-46(42)58-32-36(28-39)61-35)65-23-24-66-50(64)56-22-26-68-40-29-37-33-59-47-15-7-3-11-43(47)53-19-20-54-44-12-4-8-16-48(44)60-34-38(30-40)62-37;24-9-12-30-19-13-17-15-27-22-7-3-1-5-20(22)25-10-11-26-21-6-2-4-8-23(21)28-16-18(14-19)29-17;22-14(24-20-12-7-3-1-5-10(12)16-18-20)9-15(23)25-21-13-8-4-2-6-11(13)17-19-21;;;;;;;;;/h27-30,41-48,51-54,57-60H,1-26,31-34H2,(H,55,63)(H,56,64);13-14,20-23,25-28H,1-12,15-16,24H2;1-8H,9H2;6*1H;;;/q;;;;;;;;;3*+2/p-6/t41-,42-,43-,44-,45-,46-,47-,48-;20-,21-,22-,23-;;;;;;;;;;/m11........../s1. The van der Waals surface area contributed by atoms with Crippen LogP contribution in [0.25, 0.3) is 22.1 Å². The van der Waals surface area contributed by atoms with Crippen molar-refractivity contribution in [1.29, 1.82) is 0 Å². The third-order valence-corrected chi connectivity index (χ3v) is 27.9. The van der Waals surface area contributed by atoms with Gasteiger partial charge in [-0.3, -0.25) is 15.0 Å². The molecule has 0 unspecified atom stereocenters. The molecule has 5 aromatic heterocycles. The molecule has 733 valence electrons. The van der Waals surface area contributed by atoms with Gasteiger partial charge in [0.25, 0.3) is 0 Å². The number of fused-ring (bicyclic) bond motifs is 14. The Bertz CT molecular complexity index is 4170. The van der Waals surface area contributed by atoms with Crippen LogP contribution in [0.1, 0.15) is 195 Å². The number of benzene rings is 2. The molecule has 8 heterocycles. The number of pyridine rings is 3. The van der Waals surface area contributed by atoms with Crippen LogP contribution in [0.15, 0.2) is 99.6 Å². The van der Waals surface area contributed by atoms with E-state index in [1.807, 2.05) is 11.8 Å². The zero-order valence-corrected chi connectivity index (χ0v) is 85.4. The van der Waals surface area contributed by atoms with Crippen LogP contribution in [0, 0.1) is 0 Å². The molecule has 7 aromatic rings. The molecule has 6 fully saturated rings. The van der Waals surface area contributed by atoms with E-state index in [4.69, 9.17) is 100 Å². The molecule has 6 saturated carbocycles. The number of amides is 2. The SMILES string of the molecule is NCCSc1cc2nc(c1)CN[C@@H]1CCCC[C@H]1NCCN[C@@H]1CCCC[C@H]1NC2.O=C(CC(=O)On1nnc2ccccc21)On1nnc2ccccc21.O=C(NCCSc1cc2nc(c1)CN[C@@H]1CCCC[C@H]1NCCN[C@@H]1CCCC[C@H]1NC2)OCCOC(=O)NCCSc1cc2nc(c1)CN[C@@H]1CCCC[C@H]1NCCN[C@@H]1CCCC[C@H]1NC2.[Cl][Mn][Cl].[Cl][Mn][Cl].[Cl][Mn][Cl]. The molecule has 9 aliphatic rings.